The average Bonchev–Trinajstić information content (AvgIpc) is 3.26. The first kappa shape index (κ1) is 54.8. The third-order valence-corrected chi connectivity index (χ3v) is 9.81. The first-order valence-corrected chi connectivity index (χ1v) is 23.7. The SMILES string of the molecule is CC(C)CCCCCCc1ccc(OCCOCCOCCOCCOCCOCCOCCOCCOCCOCCOc2ccc(CCCCCCC(C)C)cc2)cc1. The highest BCUT2D eigenvalue weighted by Crippen LogP contribution is 2.17. The summed E-state index contributed by atoms with van der Waals surface area (Å²) < 4.78 is 61.7. The molecule has 0 aliphatic rings. The Kier molecular flexibility index (Phi) is 37.4. The molecular weight excluding hydrogens is 777 g/mol. The van der Waals surface area contributed by atoms with Crippen molar-refractivity contribution in [3.63, 3.8) is 0 Å². The van der Waals surface area contributed by atoms with Crippen LogP contribution in [0.1, 0.15) is 103 Å². The molecule has 0 saturated carbocycles. The summed E-state index contributed by atoms with van der Waals surface area (Å²) in [4.78, 5) is 0. The fraction of sp³-hybridized carbons (Fsp3) is 0.760. The normalized spacial score (nSPS) is 11.6. The standard InChI is InChI=1S/C50H86O11/c1-45(2)13-9-5-7-11-15-47-17-21-49(22-18-47)60-43-41-58-39-37-56-35-33-54-31-29-52-27-25-51-26-28-53-30-32-55-34-36-57-38-40-59-42-44-61-50-23-19-48(20-24-50)16-12-8-6-10-14-46(3)4/h17-24,45-46H,5-16,25-44H2,1-4H3. The zero-order valence-corrected chi connectivity index (χ0v) is 38.9. The Labute approximate surface area is 371 Å². The Balaban J connectivity index is 1.19. The largest absolute Gasteiger partial charge is 0.491 e. The van der Waals surface area contributed by atoms with Gasteiger partial charge in [0, 0.05) is 0 Å². The molecule has 0 atom stereocenters. The molecule has 0 heterocycles. The molecule has 352 valence electrons. The minimum atomic E-state index is 0.514. The van der Waals surface area contributed by atoms with E-state index in [-0.39, 0.29) is 0 Å². The van der Waals surface area contributed by atoms with Crippen molar-refractivity contribution < 1.29 is 52.1 Å². The number of benzene rings is 2. The first-order chi connectivity index (χ1) is 30.0. The Morgan fingerprint density at radius 1 is 0.279 bits per heavy atom. The highest BCUT2D eigenvalue weighted by Gasteiger charge is 2.02. The van der Waals surface area contributed by atoms with Gasteiger partial charge in [-0.1, -0.05) is 103 Å². The van der Waals surface area contributed by atoms with E-state index in [2.05, 4.69) is 76.2 Å². The van der Waals surface area contributed by atoms with Gasteiger partial charge in [-0.15, -0.1) is 0 Å². The minimum absolute atomic E-state index is 0.514. The van der Waals surface area contributed by atoms with E-state index in [1.807, 2.05) is 0 Å². The second-order valence-corrected chi connectivity index (χ2v) is 16.2. The van der Waals surface area contributed by atoms with Crippen LogP contribution in [-0.2, 0) is 55.5 Å². The molecule has 0 spiro atoms. The van der Waals surface area contributed by atoms with E-state index in [4.69, 9.17) is 52.1 Å². The molecule has 0 amide bonds. The summed E-state index contributed by atoms with van der Waals surface area (Å²) in [5.74, 6) is 3.40. The Morgan fingerprint density at radius 3 is 0.754 bits per heavy atom. The predicted molar refractivity (Wildman–Crippen MR) is 244 cm³/mol. The van der Waals surface area contributed by atoms with Gasteiger partial charge in [0.25, 0.3) is 0 Å². The van der Waals surface area contributed by atoms with Gasteiger partial charge in [-0.2, -0.15) is 0 Å². The molecule has 0 radical (unpaired) electrons. The van der Waals surface area contributed by atoms with Gasteiger partial charge in [0.2, 0.25) is 0 Å². The summed E-state index contributed by atoms with van der Waals surface area (Å²) in [7, 11) is 0. The maximum Gasteiger partial charge on any atom is 0.119 e. The maximum absolute atomic E-state index is 5.80. The Hall–Kier alpha value is -2.32. The molecule has 0 saturated heterocycles. The van der Waals surface area contributed by atoms with Crippen molar-refractivity contribution in [3.05, 3.63) is 59.7 Å². The summed E-state index contributed by atoms with van der Waals surface area (Å²) in [5.41, 5.74) is 2.75. The predicted octanol–water partition coefficient (Wildman–Crippen LogP) is 9.59. The summed E-state index contributed by atoms with van der Waals surface area (Å²) >= 11 is 0. The van der Waals surface area contributed by atoms with Crippen molar-refractivity contribution in [2.24, 2.45) is 11.8 Å². The molecule has 2 aromatic rings. The van der Waals surface area contributed by atoms with Gasteiger partial charge in [0.05, 0.1) is 119 Å². The quantitative estimate of drug-likeness (QED) is 0.0595. The number of aryl methyl sites for hydroxylation is 2. The van der Waals surface area contributed by atoms with Crippen LogP contribution in [0.2, 0.25) is 0 Å². The summed E-state index contributed by atoms with van der Waals surface area (Å²) in [6.07, 6.45) is 15.5. The van der Waals surface area contributed by atoms with Gasteiger partial charge >= 0.3 is 0 Å². The van der Waals surface area contributed by atoms with E-state index < -0.39 is 0 Å². The lowest BCUT2D eigenvalue weighted by atomic mass is 10.0. The van der Waals surface area contributed by atoms with Crippen LogP contribution in [0.5, 0.6) is 11.5 Å². The fourth-order valence-corrected chi connectivity index (χ4v) is 6.27. The summed E-state index contributed by atoms with van der Waals surface area (Å²) in [6.45, 7) is 19.6. The zero-order valence-electron chi connectivity index (χ0n) is 38.9. The molecular formula is C50H86O11. The molecule has 0 N–H and O–H groups in total. The first-order valence-electron chi connectivity index (χ1n) is 23.7. The van der Waals surface area contributed by atoms with Crippen LogP contribution in [0.25, 0.3) is 0 Å². The van der Waals surface area contributed by atoms with Crippen molar-refractivity contribution in [1.29, 1.82) is 0 Å². The minimum Gasteiger partial charge on any atom is -0.491 e. The van der Waals surface area contributed by atoms with Crippen molar-refractivity contribution in [1.82, 2.24) is 0 Å². The third kappa shape index (κ3) is 36.8. The van der Waals surface area contributed by atoms with Crippen LogP contribution in [0, 0.1) is 11.8 Å². The number of ether oxygens (including phenoxy) is 11. The van der Waals surface area contributed by atoms with Gasteiger partial charge in [-0.05, 0) is 72.9 Å². The number of hydrogen-bond acceptors (Lipinski definition) is 11. The van der Waals surface area contributed by atoms with Crippen LogP contribution >= 0.6 is 0 Å². The molecule has 11 heteroatoms. The Bertz CT molecular complexity index is 1090. The molecule has 2 aromatic carbocycles. The molecule has 0 fully saturated rings. The lowest BCUT2D eigenvalue weighted by Crippen LogP contribution is -2.15. The molecule has 61 heavy (non-hydrogen) atoms. The van der Waals surface area contributed by atoms with Gasteiger partial charge in [0.15, 0.2) is 0 Å². The topological polar surface area (TPSA) is 102 Å². The molecule has 11 nitrogen and oxygen atoms in total. The number of hydrogen-bond donors (Lipinski definition) is 0. The molecule has 2 rings (SSSR count). The molecule has 0 bridgehead atoms. The summed E-state index contributed by atoms with van der Waals surface area (Å²) in [6, 6.07) is 16.9. The van der Waals surface area contributed by atoms with Gasteiger partial charge in [0.1, 0.15) is 24.7 Å². The van der Waals surface area contributed by atoms with Gasteiger partial charge < -0.3 is 52.1 Å². The van der Waals surface area contributed by atoms with Crippen molar-refractivity contribution in [2.45, 2.75) is 105 Å². The van der Waals surface area contributed by atoms with Crippen molar-refractivity contribution in [3.8, 4) is 11.5 Å². The molecule has 0 aliphatic heterocycles. The van der Waals surface area contributed by atoms with E-state index in [9.17, 15) is 0 Å². The van der Waals surface area contributed by atoms with Crippen LogP contribution in [0.15, 0.2) is 48.5 Å². The van der Waals surface area contributed by atoms with Crippen LogP contribution in [-0.4, -0.2) is 132 Å². The van der Waals surface area contributed by atoms with Crippen LogP contribution in [0.3, 0.4) is 0 Å². The third-order valence-electron chi connectivity index (χ3n) is 9.81. The molecule has 0 aromatic heterocycles. The average molecular weight is 863 g/mol. The van der Waals surface area contributed by atoms with E-state index in [1.54, 1.807) is 0 Å². The lowest BCUT2D eigenvalue weighted by Gasteiger charge is -2.09. The van der Waals surface area contributed by atoms with Crippen molar-refractivity contribution in [2.75, 3.05) is 132 Å². The fourth-order valence-electron chi connectivity index (χ4n) is 6.27. The number of rotatable bonds is 46. The second kappa shape index (κ2) is 41.7. The maximum atomic E-state index is 5.80. The van der Waals surface area contributed by atoms with E-state index in [1.165, 1.54) is 75.3 Å². The van der Waals surface area contributed by atoms with Gasteiger partial charge in [-0.3, -0.25) is 0 Å². The van der Waals surface area contributed by atoms with Crippen LogP contribution in [0.4, 0.5) is 0 Å². The lowest BCUT2D eigenvalue weighted by molar-refractivity contribution is -0.0257. The second-order valence-electron chi connectivity index (χ2n) is 16.2. The smallest absolute Gasteiger partial charge is 0.119 e. The van der Waals surface area contributed by atoms with E-state index in [0.29, 0.717) is 132 Å². The highest BCUT2D eigenvalue weighted by molar-refractivity contribution is 5.28. The molecule has 0 aliphatic carbocycles. The van der Waals surface area contributed by atoms with Gasteiger partial charge in [-0.25, -0.2) is 0 Å². The zero-order chi connectivity index (χ0) is 43.5. The van der Waals surface area contributed by atoms with E-state index >= 15 is 0 Å². The number of unbranched alkanes of at least 4 members (excludes halogenated alkanes) is 6. The monoisotopic (exact) mass is 863 g/mol. The van der Waals surface area contributed by atoms with Crippen LogP contribution < -0.4 is 9.47 Å². The summed E-state index contributed by atoms with van der Waals surface area (Å²) in [5, 5.41) is 0. The van der Waals surface area contributed by atoms with Crippen molar-refractivity contribution >= 4 is 0 Å². The van der Waals surface area contributed by atoms with E-state index in [0.717, 1.165) is 36.2 Å². The Morgan fingerprint density at radius 2 is 0.508 bits per heavy atom. The highest BCUT2D eigenvalue weighted by atomic mass is 16.6. The molecule has 0 unspecified atom stereocenters.